The van der Waals surface area contributed by atoms with Crippen LogP contribution < -0.4 is 5.32 Å². The summed E-state index contributed by atoms with van der Waals surface area (Å²) in [7, 11) is 0. The number of carboxylic acids is 1. The van der Waals surface area contributed by atoms with Crippen LogP contribution >= 0.6 is 11.9 Å². The summed E-state index contributed by atoms with van der Waals surface area (Å²) in [4.78, 5) is 34.9. The molecule has 0 aliphatic heterocycles. The molecule has 0 radical (unpaired) electrons. The molecule has 2 aliphatic carbocycles. The molecule has 31 heavy (non-hydrogen) atoms. The summed E-state index contributed by atoms with van der Waals surface area (Å²) in [5.41, 5.74) is 5.36. The van der Waals surface area contributed by atoms with Crippen molar-refractivity contribution < 1.29 is 14.7 Å². The fourth-order valence-corrected chi connectivity index (χ4v) is 4.93. The minimum Gasteiger partial charge on any atom is -0.481 e. The maximum atomic E-state index is 12.8. The predicted molar refractivity (Wildman–Crippen MR) is 124 cm³/mol. The highest BCUT2D eigenvalue weighted by Gasteiger charge is 2.31. The third-order valence-corrected chi connectivity index (χ3v) is 6.60. The van der Waals surface area contributed by atoms with Crippen molar-refractivity contribution in [2.45, 2.75) is 56.6 Å². The highest BCUT2D eigenvalue weighted by molar-refractivity contribution is 7.99. The summed E-state index contributed by atoms with van der Waals surface area (Å²) in [5, 5.41) is 12.3. The fraction of sp³-hybridized carbons (Fsp3) is 0.417. The van der Waals surface area contributed by atoms with Gasteiger partial charge in [-0.15, -0.1) is 4.91 Å². The number of amides is 1. The summed E-state index contributed by atoms with van der Waals surface area (Å²) in [6.45, 7) is 2.24. The van der Waals surface area contributed by atoms with Crippen molar-refractivity contribution in [3.8, 4) is 0 Å². The zero-order valence-electron chi connectivity index (χ0n) is 17.7. The topological polar surface area (TPSA) is 95.8 Å². The Kier molecular flexibility index (Phi) is 7.85. The van der Waals surface area contributed by atoms with Crippen molar-refractivity contribution in [3.63, 3.8) is 0 Å². The molecule has 164 valence electrons. The number of hydrogen-bond donors (Lipinski definition) is 2. The number of nitrogens with one attached hydrogen (secondary N) is 1. The second kappa shape index (κ2) is 10.6. The Morgan fingerprint density at radius 3 is 2.74 bits per heavy atom. The van der Waals surface area contributed by atoms with Crippen molar-refractivity contribution in [1.29, 1.82) is 0 Å². The van der Waals surface area contributed by atoms with E-state index in [0.717, 1.165) is 54.3 Å². The first-order valence-corrected chi connectivity index (χ1v) is 11.3. The number of aliphatic carboxylic acids is 1. The van der Waals surface area contributed by atoms with Crippen LogP contribution in [0.3, 0.4) is 0 Å². The number of allylic oxidation sites excluding steroid dienone is 5. The van der Waals surface area contributed by atoms with Gasteiger partial charge in [-0.2, -0.15) is 0 Å². The first-order chi connectivity index (χ1) is 14.9. The van der Waals surface area contributed by atoms with E-state index < -0.39 is 10.7 Å². The van der Waals surface area contributed by atoms with Crippen LogP contribution in [0.1, 0.15) is 50.2 Å². The average Bonchev–Trinajstić information content (AvgIpc) is 2.74. The number of hydrogen-bond acceptors (Lipinski definition) is 5. The standard InChI is InChI=1S/C24H28N2O4S/c1-24(31-26-30,16-22(27)28)15-19-9-3-2-7-17(19)13-14-25-23(29)21-12-6-10-18-8-4-5-11-20(18)21/h2-5,7-9H,6,10-16H2,1H3,(H,25,29)(H,27,28). The van der Waals surface area contributed by atoms with Crippen LogP contribution in [-0.4, -0.2) is 28.3 Å². The number of nitroso groups, excluding NO2 is 1. The van der Waals surface area contributed by atoms with Gasteiger partial charge in [-0.3, -0.25) is 9.59 Å². The van der Waals surface area contributed by atoms with Crippen LogP contribution in [0.15, 0.2) is 63.8 Å². The lowest BCUT2D eigenvalue weighted by Crippen LogP contribution is -2.30. The van der Waals surface area contributed by atoms with Crippen molar-refractivity contribution in [3.05, 3.63) is 75.2 Å². The van der Waals surface area contributed by atoms with Crippen molar-refractivity contribution in [1.82, 2.24) is 5.32 Å². The van der Waals surface area contributed by atoms with Gasteiger partial charge in [-0.1, -0.05) is 42.5 Å². The molecule has 3 rings (SSSR count). The molecular formula is C24H28N2O4S. The SMILES string of the molecule is CC(CC(=O)O)(Cc1ccccc1CCNC(=O)C1=C2CC=CC=C2CCC1)SN=O. The normalized spacial score (nSPS) is 17.4. The van der Waals surface area contributed by atoms with Crippen LogP contribution in [-0.2, 0) is 22.4 Å². The van der Waals surface area contributed by atoms with Crippen LogP contribution in [0.5, 0.6) is 0 Å². The second-order valence-electron chi connectivity index (χ2n) is 8.27. The molecule has 2 N–H and O–H groups in total. The van der Waals surface area contributed by atoms with Crippen LogP contribution in [0.2, 0.25) is 0 Å². The maximum absolute atomic E-state index is 12.8. The highest BCUT2D eigenvalue weighted by Crippen LogP contribution is 2.35. The van der Waals surface area contributed by atoms with Crippen molar-refractivity contribution in [2.24, 2.45) is 4.58 Å². The van der Waals surface area contributed by atoms with Crippen LogP contribution in [0.25, 0.3) is 0 Å². The fourth-order valence-electron chi connectivity index (χ4n) is 4.34. The zero-order valence-corrected chi connectivity index (χ0v) is 18.5. The molecule has 0 heterocycles. The van der Waals surface area contributed by atoms with Gasteiger partial charge < -0.3 is 10.4 Å². The molecule has 6 nitrogen and oxygen atoms in total. The number of carbonyl (C=O) groups is 2. The van der Waals surface area contributed by atoms with Gasteiger partial charge in [0.1, 0.15) is 0 Å². The number of fused-ring (bicyclic) bond motifs is 1. The smallest absolute Gasteiger partial charge is 0.304 e. The number of carboxylic acid groups (broad SMARTS) is 1. The third kappa shape index (κ3) is 6.17. The molecule has 0 fully saturated rings. The summed E-state index contributed by atoms with van der Waals surface area (Å²) in [5.74, 6) is -0.957. The van der Waals surface area contributed by atoms with E-state index in [1.165, 1.54) is 11.1 Å². The van der Waals surface area contributed by atoms with E-state index in [1.807, 2.05) is 24.3 Å². The average molecular weight is 441 g/mol. The lowest BCUT2D eigenvalue weighted by atomic mass is 9.83. The minimum atomic E-state index is -0.962. The molecule has 0 aromatic heterocycles. The van der Waals surface area contributed by atoms with E-state index in [1.54, 1.807) is 6.92 Å². The Morgan fingerprint density at radius 1 is 1.23 bits per heavy atom. The maximum Gasteiger partial charge on any atom is 0.304 e. The van der Waals surface area contributed by atoms with Crippen molar-refractivity contribution in [2.75, 3.05) is 6.54 Å². The molecule has 0 bridgehead atoms. The van der Waals surface area contributed by atoms with Crippen molar-refractivity contribution >= 4 is 23.8 Å². The molecule has 2 aliphatic rings. The lowest BCUT2D eigenvalue weighted by molar-refractivity contribution is -0.137. The van der Waals surface area contributed by atoms with E-state index in [9.17, 15) is 19.6 Å². The summed E-state index contributed by atoms with van der Waals surface area (Å²) in [6, 6.07) is 7.75. The molecule has 1 atom stereocenters. The highest BCUT2D eigenvalue weighted by atomic mass is 32.2. The van der Waals surface area contributed by atoms with Gasteiger partial charge in [-0.05, 0) is 67.7 Å². The number of benzene rings is 1. The van der Waals surface area contributed by atoms with E-state index >= 15 is 0 Å². The molecule has 7 heteroatoms. The van der Waals surface area contributed by atoms with E-state index in [2.05, 4.69) is 28.1 Å². The van der Waals surface area contributed by atoms with Gasteiger partial charge in [0.25, 0.3) is 0 Å². The molecule has 0 saturated carbocycles. The van der Waals surface area contributed by atoms with Crippen LogP contribution in [0, 0.1) is 4.91 Å². The van der Waals surface area contributed by atoms with Gasteiger partial charge in [0.15, 0.2) is 0 Å². The van der Waals surface area contributed by atoms with Gasteiger partial charge in [0.2, 0.25) is 5.91 Å². The summed E-state index contributed by atoms with van der Waals surface area (Å²) < 4.78 is 2.07. The zero-order chi connectivity index (χ0) is 22.3. The van der Waals surface area contributed by atoms with Crippen LogP contribution in [0.4, 0.5) is 0 Å². The number of nitrogens with zero attached hydrogens (tertiary/aromatic N) is 1. The summed E-state index contributed by atoms with van der Waals surface area (Å²) in [6.07, 6.45) is 10.8. The molecular weight excluding hydrogens is 412 g/mol. The first kappa shape index (κ1) is 23.0. The first-order valence-electron chi connectivity index (χ1n) is 10.6. The molecule has 0 spiro atoms. The minimum absolute atomic E-state index is 0.00445. The Balaban J connectivity index is 1.65. The van der Waals surface area contributed by atoms with Gasteiger partial charge >= 0.3 is 5.97 Å². The Morgan fingerprint density at radius 2 is 2.00 bits per heavy atom. The lowest BCUT2D eigenvalue weighted by Gasteiger charge is -2.25. The second-order valence-corrected chi connectivity index (χ2v) is 9.59. The Bertz CT molecular complexity index is 951. The van der Waals surface area contributed by atoms with E-state index in [0.29, 0.717) is 19.4 Å². The van der Waals surface area contributed by atoms with Gasteiger partial charge in [0.05, 0.1) is 11.2 Å². The predicted octanol–water partition coefficient (Wildman–Crippen LogP) is 4.90. The Labute approximate surface area is 187 Å². The monoisotopic (exact) mass is 440 g/mol. The van der Waals surface area contributed by atoms with E-state index in [4.69, 9.17) is 0 Å². The molecule has 1 amide bonds. The molecule has 1 aromatic rings. The number of rotatable bonds is 10. The molecule has 1 aromatic carbocycles. The largest absolute Gasteiger partial charge is 0.481 e. The summed E-state index contributed by atoms with van der Waals surface area (Å²) >= 11 is 0.771. The third-order valence-electron chi connectivity index (χ3n) is 5.80. The molecule has 0 saturated heterocycles. The molecule has 1 unspecified atom stereocenters. The van der Waals surface area contributed by atoms with E-state index in [-0.39, 0.29) is 12.3 Å². The number of carbonyl (C=O) groups excluding carboxylic acids is 1. The van der Waals surface area contributed by atoms with Gasteiger partial charge in [-0.25, -0.2) is 0 Å². The Hall–Kier alpha value is -2.67. The van der Waals surface area contributed by atoms with Gasteiger partial charge in [0, 0.05) is 28.6 Å². The quantitative estimate of drug-likeness (QED) is 0.398.